The Bertz CT molecular complexity index is 590. The zero-order chi connectivity index (χ0) is 13.8. The normalized spacial score (nSPS) is 10.5. The van der Waals surface area contributed by atoms with Crippen molar-refractivity contribution in [2.45, 2.75) is 13.2 Å². The van der Waals surface area contributed by atoms with Crippen molar-refractivity contribution in [2.75, 3.05) is 0 Å². The van der Waals surface area contributed by atoms with Gasteiger partial charge >= 0.3 is 0 Å². The lowest BCUT2D eigenvalue weighted by Gasteiger charge is -2.09. The zero-order valence-corrected chi connectivity index (χ0v) is 11.6. The van der Waals surface area contributed by atoms with Crippen LogP contribution in [0, 0.1) is 11.6 Å². The van der Waals surface area contributed by atoms with E-state index in [2.05, 4.69) is 15.9 Å². The Morgan fingerprint density at radius 1 is 1.00 bits per heavy atom. The van der Waals surface area contributed by atoms with Crippen LogP contribution in [0.25, 0.3) is 0 Å². The number of nitrogens with two attached hydrogens (primary N) is 1. The van der Waals surface area contributed by atoms with Gasteiger partial charge in [0.15, 0.2) is 11.6 Å². The second kappa shape index (κ2) is 6.12. The summed E-state index contributed by atoms with van der Waals surface area (Å²) in [5.74, 6) is -0.649. The van der Waals surface area contributed by atoms with E-state index in [1.54, 1.807) is 18.2 Å². The molecule has 2 N–H and O–H groups in total. The maximum atomic E-state index is 13.6. The minimum atomic E-state index is -0.455. The smallest absolute Gasteiger partial charge is 0.165 e. The molecule has 5 heteroatoms. The molecule has 2 aromatic carbocycles. The largest absolute Gasteiger partial charge is 0.486 e. The van der Waals surface area contributed by atoms with Crippen molar-refractivity contribution in [1.29, 1.82) is 0 Å². The van der Waals surface area contributed by atoms with E-state index in [-0.39, 0.29) is 24.7 Å². The SMILES string of the molecule is NCc1ccc(OCc2ccc(F)c(Br)c2)c(F)c1. The number of halogens is 3. The van der Waals surface area contributed by atoms with Gasteiger partial charge in [-0.05, 0) is 51.3 Å². The van der Waals surface area contributed by atoms with Gasteiger partial charge < -0.3 is 10.5 Å². The van der Waals surface area contributed by atoms with Crippen LogP contribution in [0.1, 0.15) is 11.1 Å². The Hall–Kier alpha value is -1.46. The van der Waals surface area contributed by atoms with Gasteiger partial charge in [-0.25, -0.2) is 8.78 Å². The molecule has 0 bridgehead atoms. The summed E-state index contributed by atoms with van der Waals surface area (Å²) in [6.45, 7) is 0.444. The lowest BCUT2D eigenvalue weighted by atomic mass is 10.2. The van der Waals surface area contributed by atoms with Crippen molar-refractivity contribution in [3.63, 3.8) is 0 Å². The highest BCUT2D eigenvalue weighted by Gasteiger charge is 2.06. The van der Waals surface area contributed by atoms with E-state index in [1.807, 2.05) is 0 Å². The molecule has 0 fully saturated rings. The molecule has 100 valence electrons. The van der Waals surface area contributed by atoms with Crippen molar-refractivity contribution < 1.29 is 13.5 Å². The van der Waals surface area contributed by atoms with E-state index < -0.39 is 5.82 Å². The van der Waals surface area contributed by atoms with Gasteiger partial charge in [0.2, 0.25) is 0 Å². The van der Waals surface area contributed by atoms with Crippen LogP contribution in [-0.4, -0.2) is 0 Å². The maximum absolute atomic E-state index is 13.6. The molecular weight excluding hydrogens is 316 g/mol. The average Bonchev–Trinajstić information content (AvgIpc) is 2.41. The Morgan fingerprint density at radius 2 is 1.74 bits per heavy atom. The third-order valence-corrected chi connectivity index (χ3v) is 3.22. The lowest BCUT2D eigenvalue weighted by Crippen LogP contribution is -2.00. The molecule has 0 heterocycles. The van der Waals surface area contributed by atoms with Gasteiger partial charge in [-0.3, -0.25) is 0 Å². The number of rotatable bonds is 4. The van der Waals surface area contributed by atoms with Gasteiger partial charge in [-0.2, -0.15) is 0 Å². The fourth-order valence-electron chi connectivity index (χ4n) is 1.58. The molecule has 0 saturated heterocycles. The molecule has 0 aliphatic heterocycles. The topological polar surface area (TPSA) is 35.2 Å². The van der Waals surface area contributed by atoms with Crippen LogP contribution in [0.3, 0.4) is 0 Å². The second-order valence-electron chi connectivity index (χ2n) is 4.01. The highest BCUT2D eigenvalue weighted by molar-refractivity contribution is 9.10. The number of benzene rings is 2. The molecule has 0 radical (unpaired) electrons. The molecule has 0 aromatic heterocycles. The van der Waals surface area contributed by atoms with Crippen LogP contribution in [0.15, 0.2) is 40.9 Å². The van der Waals surface area contributed by atoms with E-state index in [0.29, 0.717) is 10.0 Å². The molecule has 0 unspecified atom stereocenters. The molecule has 0 amide bonds. The summed E-state index contributed by atoms with van der Waals surface area (Å²) in [5, 5.41) is 0. The summed E-state index contributed by atoms with van der Waals surface area (Å²) in [5.41, 5.74) is 6.87. The molecular formula is C14H12BrF2NO. The van der Waals surface area contributed by atoms with Crippen LogP contribution in [-0.2, 0) is 13.2 Å². The predicted molar refractivity (Wildman–Crippen MR) is 72.7 cm³/mol. The quantitative estimate of drug-likeness (QED) is 0.927. The summed E-state index contributed by atoms with van der Waals surface area (Å²) >= 11 is 3.09. The molecule has 2 rings (SSSR count). The summed E-state index contributed by atoms with van der Waals surface area (Å²) in [4.78, 5) is 0. The molecule has 19 heavy (non-hydrogen) atoms. The van der Waals surface area contributed by atoms with E-state index in [4.69, 9.17) is 10.5 Å². The summed E-state index contributed by atoms with van der Waals surface area (Å²) in [6.07, 6.45) is 0. The van der Waals surface area contributed by atoms with Gasteiger partial charge in [0, 0.05) is 6.54 Å². The highest BCUT2D eigenvalue weighted by Crippen LogP contribution is 2.21. The Kier molecular flexibility index (Phi) is 4.50. The molecule has 0 aliphatic carbocycles. The first-order valence-corrected chi connectivity index (χ1v) is 6.44. The van der Waals surface area contributed by atoms with Crippen molar-refractivity contribution in [3.05, 3.63) is 63.6 Å². The summed E-state index contributed by atoms with van der Waals surface area (Å²) in [7, 11) is 0. The van der Waals surface area contributed by atoms with Gasteiger partial charge in [0.1, 0.15) is 12.4 Å². The van der Waals surface area contributed by atoms with Crippen LogP contribution in [0.4, 0.5) is 8.78 Å². The number of hydrogen-bond acceptors (Lipinski definition) is 2. The Balaban J connectivity index is 2.07. The lowest BCUT2D eigenvalue weighted by molar-refractivity contribution is 0.290. The van der Waals surface area contributed by atoms with Gasteiger partial charge in [0.05, 0.1) is 4.47 Å². The van der Waals surface area contributed by atoms with Crippen molar-refractivity contribution in [2.24, 2.45) is 5.73 Å². The fraction of sp³-hybridized carbons (Fsp3) is 0.143. The third-order valence-electron chi connectivity index (χ3n) is 2.61. The monoisotopic (exact) mass is 327 g/mol. The van der Waals surface area contributed by atoms with E-state index in [0.717, 1.165) is 5.56 Å². The minimum absolute atomic E-state index is 0.151. The van der Waals surface area contributed by atoms with E-state index in [1.165, 1.54) is 18.2 Å². The molecule has 0 atom stereocenters. The minimum Gasteiger partial charge on any atom is -0.486 e. The maximum Gasteiger partial charge on any atom is 0.165 e. The Morgan fingerprint density at radius 3 is 2.37 bits per heavy atom. The molecule has 0 spiro atoms. The molecule has 2 nitrogen and oxygen atoms in total. The fourth-order valence-corrected chi connectivity index (χ4v) is 2.01. The number of ether oxygens (including phenoxy) is 1. The van der Waals surface area contributed by atoms with Crippen molar-refractivity contribution >= 4 is 15.9 Å². The van der Waals surface area contributed by atoms with Crippen molar-refractivity contribution in [3.8, 4) is 5.75 Å². The van der Waals surface area contributed by atoms with Crippen LogP contribution in [0.2, 0.25) is 0 Å². The highest BCUT2D eigenvalue weighted by atomic mass is 79.9. The zero-order valence-electron chi connectivity index (χ0n) is 10.00. The predicted octanol–water partition coefficient (Wildman–Crippen LogP) is 3.77. The van der Waals surface area contributed by atoms with Gasteiger partial charge in [-0.1, -0.05) is 12.1 Å². The third kappa shape index (κ3) is 3.52. The average molecular weight is 328 g/mol. The second-order valence-corrected chi connectivity index (χ2v) is 4.86. The standard InChI is InChI=1S/C14H12BrF2NO/c15-11-5-10(1-3-12(11)16)8-19-14-4-2-9(7-18)6-13(14)17/h1-6H,7-8,18H2. The molecule has 0 aliphatic rings. The van der Waals surface area contributed by atoms with Crippen molar-refractivity contribution in [1.82, 2.24) is 0 Å². The van der Waals surface area contributed by atoms with E-state index >= 15 is 0 Å². The summed E-state index contributed by atoms with van der Waals surface area (Å²) in [6, 6.07) is 9.11. The molecule has 0 saturated carbocycles. The van der Waals surface area contributed by atoms with Gasteiger partial charge in [0.25, 0.3) is 0 Å². The molecule has 2 aromatic rings. The van der Waals surface area contributed by atoms with E-state index in [9.17, 15) is 8.78 Å². The summed E-state index contributed by atoms with van der Waals surface area (Å²) < 4.78 is 32.4. The van der Waals surface area contributed by atoms with Crippen LogP contribution >= 0.6 is 15.9 Å². The van der Waals surface area contributed by atoms with Gasteiger partial charge in [-0.15, -0.1) is 0 Å². The van der Waals surface area contributed by atoms with Crippen LogP contribution in [0.5, 0.6) is 5.75 Å². The first-order chi connectivity index (χ1) is 9.10. The first kappa shape index (κ1) is 14.0. The Labute approximate surface area is 118 Å². The van der Waals surface area contributed by atoms with Crippen LogP contribution < -0.4 is 10.5 Å². The number of hydrogen-bond donors (Lipinski definition) is 1. The first-order valence-electron chi connectivity index (χ1n) is 5.65.